The van der Waals surface area contributed by atoms with E-state index in [1.54, 1.807) is 0 Å². The van der Waals surface area contributed by atoms with E-state index >= 15 is 0 Å². The number of aryl methyl sites for hydroxylation is 1. The first-order chi connectivity index (χ1) is 12.7. The highest BCUT2D eigenvalue weighted by Crippen LogP contribution is 2.28. The number of hydrogen-bond donors (Lipinski definition) is 1. The molecule has 1 aromatic heterocycles. The zero-order chi connectivity index (χ0) is 19.8. The van der Waals surface area contributed by atoms with Crippen molar-refractivity contribution in [3.8, 4) is 0 Å². The van der Waals surface area contributed by atoms with Gasteiger partial charge in [0.1, 0.15) is 5.82 Å². The monoisotopic (exact) mass is 379 g/mol. The van der Waals surface area contributed by atoms with Gasteiger partial charge in [-0.25, -0.2) is 9.37 Å². The molecule has 0 aliphatic carbocycles. The van der Waals surface area contributed by atoms with E-state index in [-0.39, 0.29) is 22.0 Å². The van der Waals surface area contributed by atoms with E-state index in [0.29, 0.717) is 11.1 Å². The quantitative estimate of drug-likeness (QED) is 0.711. The highest BCUT2D eigenvalue weighted by molar-refractivity contribution is 5.87. The van der Waals surface area contributed by atoms with Gasteiger partial charge in [0.15, 0.2) is 0 Å². The van der Waals surface area contributed by atoms with Crippen molar-refractivity contribution in [2.75, 3.05) is 5.43 Å². The molecule has 0 saturated carbocycles. The van der Waals surface area contributed by atoms with Crippen LogP contribution in [0.15, 0.2) is 47.3 Å². The number of benzene rings is 2. The number of para-hydroxylation sites is 1. The Bertz CT molecular complexity index is 1070. The Labute approximate surface area is 150 Å². The number of aromatic nitrogens is 2. The molecule has 0 spiro atoms. The molecule has 0 radical (unpaired) electrons. The minimum Gasteiger partial charge on any atom is -0.273 e. The van der Waals surface area contributed by atoms with E-state index in [1.807, 2.05) is 5.43 Å². The number of fused-ring (bicyclic) bond motifs is 1. The highest BCUT2D eigenvalue weighted by Gasteiger charge is 2.38. The molecule has 3 aromatic rings. The molecule has 0 saturated heterocycles. The van der Waals surface area contributed by atoms with Crippen molar-refractivity contribution < 1.29 is 22.4 Å². The van der Waals surface area contributed by atoms with E-state index in [4.69, 9.17) is 0 Å². The molecule has 0 aliphatic rings. The lowest BCUT2D eigenvalue weighted by molar-refractivity contribution is -0.147. The summed E-state index contributed by atoms with van der Waals surface area (Å²) in [5.41, 5.74) is 1.60. The molecule has 27 heavy (non-hydrogen) atoms. The van der Waals surface area contributed by atoms with Gasteiger partial charge in [-0.2, -0.15) is 17.8 Å². The fourth-order valence-electron chi connectivity index (χ4n) is 2.60. The Morgan fingerprint density at radius 3 is 2.44 bits per heavy atom. The normalized spacial score (nSPS) is 11.6. The van der Waals surface area contributed by atoms with Gasteiger partial charge in [-0.05, 0) is 36.2 Å². The highest BCUT2D eigenvalue weighted by atomic mass is 19.4. The molecule has 5 nitrogen and oxygen atoms in total. The van der Waals surface area contributed by atoms with Crippen molar-refractivity contribution in [1.82, 2.24) is 9.66 Å². The molecule has 3 rings (SSSR count). The molecule has 1 N–H and O–H groups in total. The Kier molecular flexibility index (Phi) is 4.69. The van der Waals surface area contributed by atoms with Crippen molar-refractivity contribution >= 4 is 16.8 Å². The van der Waals surface area contributed by atoms with Crippen LogP contribution in [0.3, 0.4) is 0 Å². The van der Waals surface area contributed by atoms with Crippen molar-refractivity contribution in [2.24, 2.45) is 0 Å². The fourth-order valence-corrected chi connectivity index (χ4v) is 2.60. The summed E-state index contributed by atoms with van der Waals surface area (Å²) in [6.07, 6.45) is -5.30. The molecule has 140 valence electrons. The van der Waals surface area contributed by atoms with Gasteiger partial charge < -0.3 is 0 Å². The largest absolute Gasteiger partial charge is 0.451 e. The Hall–Kier alpha value is -3.23. The van der Waals surface area contributed by atoms with Crippen LogP contribution < -0.4 is 11.0 Å². The van der Waals surface area contributed by atoms with Gasteiger partial charge >= 0.3 is 6.18 Å². The first-order valence-electron chi connectivity index (χ1n) is 7.80. The number of nitrogens with one attached hydrogen (secondary N) is 1. The molecular formula is C18H13F4N3O2. The average Bonchev–Trinajstić information content (AvgIpc) is 2.59. The summed E-state index contributed by atoms with van der Waals surface area (Å²) >= 11 is 0. The van der Waals surface area contributed by atoms with Crippen LogP contribution in [-0.4, -0.2) is 15.6 Å². The number of nitrogens with zero attached hydrogens (tertiary/aromatic N) is 2. The lowest BCUT2D eigenvalue weighted by atomic mass is 10.1. The molecule has 0 aliphatic heterocycles. The summed E-state index contributed by atoms with van der Waals surface area (Å²) < 4.78 is 53.2. The summed E-state index contributed by atoms with van der Waals surface area (Å²) in [5.74, 6) is -2.91. The number of halogens is 4. The first-order valence-corrected chi connectivity index (χ1v) is 7.80. The van der Waals surface area contributed by atoms with Gasteiger partial charge in [0, 0.05) is 0 Å². The minimum atomic E-state index is -4.96. The van der Waals surface area contributed by atoms with Crippen LogP contribution >= 0.6 is 0 Å². The predicted molar refractivity (Wildman–Crippen MR) is 90.2 cm³/mol. The number of carbonyl (C=O) groups is 1. The second-order valence-electron chi connectivity index (χ2n) is 5.88. The number of hydrogen-bond acceptors (Lipinski definition) is 3. The van der Waals surface area contributed by atoms with Crippen LogP contribution in [0.25, 0.3) is 10.9 Å². The van der Waals surface area contributed by atoms with Crippen molar-refractivity contribution in [3.05, 3.63) is 75.6 Å². The zero-order valence-corrected chi connectivity index (χ0v) is 14.0. The van der Waals surface area contributed by atoms with Crippen LogP contribution in [-0.2, 0) is 17.4 Å². The zero-order valence-electron chi connectivity index (χ0n) is 14.0. The third kappa shape index (κ3) is 3.81. The van der Waals surface area contributed by atoms with Crippen LogP contribution in [0.5, 0.6) is 0 Å². The van der Waals surface area contributed by atoms with E-state index < -0.39 is 29.3 Å². The van der Waals surface area contributed by atoms with Crippen LogP contribution in [0.2, 0.25) is 0 Å². The van der Waals surface area contributed by atoms with Gasteiger partial charge in [-0.3, -0.25) is 15.0 Å². The van der Waals surface area contributed by atoms with Crippen molar-refractivity contribution in [3.63, 3.8) is 0 Å². The molecule has 9 heteroatoms. The third-order valence-electron chi connectivity index (χ3n) is 3.87. The summed E-state index contributed by atoms with van der Waals surface area (Å²) in [7, 11) is 0. The number of rotatable bonds is 3. The molecular weight excluding hydrogens is 366 g/mol. The second kappa shape index (κ2) is 6.82. The smallest absolute Gasteiger partial charge is 0.273 e. The molecule has 0 atom stereocenters. The van der Waals surface area contributed by atoms with E-state index in [9.17, 15) is 27.2 Å². The summed E-state index contributed by atoms with van der Waals surface area (Å²) in [5, 5.41) is -0.0508. The van der Waals surface area contributed by atoms with Gasteiger partial charge in [-0.15, -0.1) is 0 Å². The average molecular weight is 379 g/mol. The minimum absolute atomic E-state index is 0.0508. The van der Waals surface area contributed by atoms with Gasteiger partial charge in [0.05, 0.1) is 17.3 Å². The molecule has 0 bridgehead atoms. The lowest BCUT2D eigenvalue weighted by Crippen LogP contribution is -2.39. The summed E-state index contributed by atoms with van der Waals surface area (Å²) in [6.45, 7) is 1.53. The molecule has 0 fully saturated rings. The molecule has 1 heterocycles. The Morgan fingerprint density at radius 2 is 1.81 bits per heavy atom. The summed E-state index contributed by atoms with van der Waals surface area (Å²) in [4.78, 5) is 28.2. The number of amides is 1. The van der Waals surface area contributed by atoms with Gasteiger partial charge in [0.25, 0.3) is 5.56 Å². The Balaban J connectivity index is 2.04. The number of carbonyl (C=O) groups excluding carboxylic acids is 1. The molecule has 1 amide bonds. The Morgan fingerprint density at radius 1 is 1.15 bits per heavy atom. The predicted octanol–water partition coefficient (Wildman–Crippen LogP) is 3.18. The molecule has 0 unspecified atom stereocenters. The van der Waals surface area contributed by atoms with Crippen molar-refractivity contribution in [2.45, 2.75) is 19.5 Å². The van der Waals surface area contributed by atoms with E-state index in [1.165, 1.54) is 37.3 Å². The second-order valence-corrected chi connectivity index (χ2v) is 5.88. The standard InChI is InChI=1S/C18H13F4N3O2/c1-10-3-2-4-13-15(10)23-17(18(20,21)22)25(16(13)27)24-14(26)9-11-5-7-12(19)8-6-11/h2-8H,9H2,1H3,(H,24,26). The number of alkyl halides is 3. The van der Waals surface area contributed by atoms with Gasteiger partial charge in [0.2, 0.25) is 11.7 Å². The van der Waals surface area contributed by atoms with Crippen LogP contribution in [0.4, 0.5) is 17.6 Å². The SMILES string of the molecule is Cc1cccc2c(=O)n(NC(=O)Cc3ccc(F)cc3)c(C(F)(F)F)nc12. The summed E-state index contributed by atoms with van der Waals surface area (Å²) in [6, 6.07) is 9.27. The van der Waals surface area contributed by atoms with E-state index in [0.717, 1.165) is 12.1 Å². The maximum absolute atomic E-state index is 13.4. The maximum atomic E-state index is 13.4. The first kappa shape index (κ1) is 18.6. The van der Waals surface area contributed by atoms with Gasteiger partial charge in [-0.1, -0.05) is 24.3 Å². The van der Waals surface area contributed by atoms with Crippen LogP contribution in [0, 0.1) is 12.7 Å². The third-order valence-corrected chi connectivity index (χ3v) is 3.87. The molecule has 2 aromatic carbocycles. The maximum Gasteiger partial charge on any atom is 0.451 e. The van der Waals surface area contributed by atoms with Crippen molar-refractivity contribution in [1.29, 1.82) is 0 Å². The fraction of sp³-hybridized carbons (Fsp3) is 0.167. The topological polar surface area (TPSA) is 64.0 Å². The van der Waals surface area contributed by atoms with E-state index in [2.05, 4.69) is 4.98 Å². The van der Waals surface area contributed by atoms with Crippen LogP contribution in [0.1, 0.15) is 17.0 Å². The lowest BCUT2D eigenvalue weighted by Gasteiger charge is -2.16.